The van der Waals surface area contributed by atoms with Crippen molar-refractivity contribution < 1.29 is 14.3 Å². The summed E-state index contributed by atoms with van der Waals surface area (Å²) in [5, 5.41) is 0.196. The molecule has 3 heterocycles. The summed E-state index contributed by atoms with van der Waals surface area (Å²) in [6.07, 6.45) is 0.323. The van der Waals surface area contributed by atoms with E-state index in [2.05, 4.69) is 21.8 Å². The first-order valence-electron chi connectivity index (χ1n) is 9.42. The summed E-state index contributed by atoms with van der Waals surface area (Å²) >= 11 is 6.29. The number of ether oxygens (including phenoxy) is 2. The number of anilines is 1. The van der Waals surface area contributed by atoms with E-state index in [4.69, 9.17) is 21.1 Å². The zero-order valence-corrected chi connectivity index (χ0v) is 17.8. The van der Waals surface area contributed by atoms with Crippen LogP contribution in [0.2, 0.25) is 5.28 Å². The lowest BCUT2D eigenvalue weighted by Crippen LogP contribution is -2.53. The Morgan fingerprint density at radius 3 is 2.63 bits per heavy atom. The third-order valence-electron chi connectivity index (χ3n) is 5.05. The lowest BCUT2D eigenvalue weighted by Gasteiger charge is -2.44. The van der Waals surface area contributed by atoms with Gasteiger partial charge >= 0.3 is 6.09 Å². The summed E-state index contributed by atoms with van der Waals surface area (Å²) in [7, 11) is 0. The monoisotopic (exact) mass is 396 g/mol. The van der Waals surface area contributed by atoms with E-state index in [0.717, 1.165) is 23.6 Å². The molecule has 27 heavy (non-hydrogen) atoms. The zero-order chi connectivity index (χ0) is 20.0. The Balaban J connectivity index is 2.00. The lowest BCUT2D eigenvalue weighted by molar-refractivity contribution is -0.00135. The van der Waals surface area contributed by atoms with Gasteiger partial charge in [0.1, 0.15) is 11.4 Å². The van der Waals surface area contributed by atoms with Gasteiger partial charge in [-0.3, -0.25) is 4.90 Å². The van der Waals surface area contributed by atoms with Gasteiger partial charge in [-0.25, -0.2) is 14.8 Å². The predicted octanol–water partition coefficient (Wildman–Crippen LogP) is 3.38. The maximum absolute atomic E-state index is 12.8. The van der Waals surface area contributed by atoms with Crippen molar-refractivity contribution in [3.8, 4) is 0 Å². The summed E-state index contributed by atoms with van der Waals surface area (Å²) in [5.74, 6) is 0.859. The summed E-state index contributed by atoms with van der Waals surface area (Å²) < 4.78 is 11.2. The van der Waals surface area contributed by atoms with Crippen LogP contribution in [0.3, 0.4) is 0 Å². The van der Waals surface area contributed by atoms with Gasteiger partial charge < -0.3 is 14.4 Å². The highest BCUT2D eigenvalue weighted by Crippen LogP contribution is 2.39. The number of halogens is 1. The van der Waals surface area contributed by atoms with Crippen LogP contribution >= 0.6 is 11.6 Å². The summed E-state index contributed by atoms with van der Waals surface area (Å²) in [5.41, 5.74) is 0.643. The van der Waals surface area contributed by atoms with E-state index in [0.29, 0.717) is 26.2 Å². The minimum absolute atomic E-state index is 0.196. The fraction of sp³-hybridized carbons (Fsp3) is 0.737. The number of hydrogen-bond acceptors (Lipinski definition) is 6. The maximum atomic E-state index is 12.8. The Morgan fingerprint density at radius 1 is 1.30 bits per heavy atom. The van der Waals surface area contributed by atoms with E-state index >= 15 is 0 Å². The first kappa shape index (κ1) is 20.1. The zero-order valence-electron chi connectivity index (χ0n) is 17.0. The molecule has 2 aliphatic rings. The van der Waals surface area contributed by atoms with Gasteiger partial charge in [0, 0.05) is 18.7 Å². The van der Waals surface area contributed by atoms with E-state index in [-0.39, 0.29) is 17.4 Å². The summed E-state index contributed by atoms with van der Waals surface area (Å²) in [4.78, 5) is 25.8. The van der Waals surface area contributed by atoms with Crippen LogP contribution in [0.25, 0.3) is 0 Å². The number of aromatic nitrogens is 2. The Morgan fingerprint density at radius 2 is 2.00 bits per heavy atom. The molecule has 0 bridgehead atoms. The highest BCUT2D eigenvalue weighted by atomic mass is 35.5. The fourth-order valence-corrected chi connectivity index (χ4v) is 3.89. The van der Waals surface area contributed by atoms with Gasteiger partial charge in [0.2, 0.25) is 5.28 Å². The molecule has 1 saturated heterocycles. The van der Waals surface area contributed by atoms with Crippen molar-refractivity contribution in [2.45, 2.75) is 65.1 Å². The average molecular weight is 397 g/mol. The molecular formula is C19H29ClN4O3. The lowest BCUT2D eigenvalue weighted by atomic mass is 9.88. The molecule has 7 nitrogen and oxygen atoms in total. The molecular weight excluding hydrogens is 368 g/mol. The average Bonchev–Trinajstić information content (AvgIpc) is 2.53. The molecule has 1 amide bonds. The molecule has 1 fully saturated rings. The maximum Gasteiger partial charge on any atom is 0.411 e. The molecule has 150 valence electrons. The highest BCUT2D eigenvalue weighted by Gasteiger charge is 2.43. The van der Waals surface area contributed by atoms with Crippen LogP contribution in [-0.2, 0) is 21.4 Å². The SMILES string of the molecule is C[C@H]1COCCN1c1nc(Cl)nc2c1CCN(C(=O)OC(C)(C)C)C2(C)C. The number of carbonyl (C=O) groups excluding carboxylic acids is 1. The molecule has 0 unspecified atom stereocenters. The van der Waals surface area contributed by atoms with Crippen LogP contribution in [0.1, 0.15) is 52.8 Å². The van der Waals surface area contributed by atoms with E-state index < -0.39 is 11.1 Å². The third-order valence-corrected chi connectivity index (χ3v) is 5.22. The number of carbonyl (C=O) groups is 1. The summed E-state index contributed by atoms with van der Waals surface area (Å²) in [6, 6.07) is 0.209. The number of morpholine rings is 1. The smallest absolute Gasteiger partial charge is 0.411 e. The van der Waals surface area contributed by atoms with Gasteiger partial charge in [-0.1, -0.05) is 0 Å². The van der Waals surface area contributed by atoms with Crippen molar-refractivity contribution in [3.05, 3.63) is 16.5 Å². The second-order valence-corrected chi connectivity index (χ2v) is 9.04. The molecule has 0 radical (unpaired) electrons. The third kappa shape index (κ3) is 3.99. The van der Waals surface area contributed by atoms with Crippen LogP contribution in [0, 0.1) is 0 Å². The summed E-state index contributed by atoms with van der Waals surface area (Å²) in [6.45, 7) is 14.3. The minimum atomic E-state index is -0.646. The van der Waals surface area contributed by atoms with E-state index in [1.54, 1.807) is 4.90 Å². The van der Waals surface area contributed by atoms with Gasteiger partial charge in [0.05, 0.1) is 30.5 Å². The van der Waals surface area contributed by atoms with Gasteiger partial charge in [-0.05, 0) is 59.6 Å². The van der Waals surface area contributed by atoms with Crippen molar-refractivity contribution in [2.24, 2.45) is 0 Å². The standard InChI is InChI=1S/C19H29ClN4O3/c1-12-11-26-10-9-23(12)15-13-7-8-24(17(25)27-18(2,3)4)19(5,6)14(13)21-16(20)22-15/h12H,7-11H2,1-6H3/t12-/m0/s1. The molecule has 0 N–H and O–H groups in total. The molecule has 1 aromatic heterocycles. The van der Waals surface area contributed by atoms with Crippen LogP contribution < -0.4 is 4.90 Å². The van der Waals surface area contributed by atoms with Crippen LogP contribution in [0.15, 0.2) is 0 Å². The highest BCUT2D eigenvalue weighted by molar-refractivity contribution is 6.28. The van der Waals surface area contributed by atoms with E-state index in [1.807, 2.05) is 34.6 Å². The van der Waals surface area contributed by atoms with Crippen LogP contribution in [-0.4, -0.2) is 58.9 Å². The number of nitrogens with zero attached hydrogens (tertiary/aromatic N) is 4. The second kappa shape index (κ2) is 7.09. The largest absolute Gasteiger partial charge is 0.444 e. The van der Waals surface area contributed by atoms with Gasteiger partial charge in [0.15, 0.2) is 0 Å². The van der Waals surface area contributed by atoms with Gasteiger partial charge in [0.25, 0.3) is 0 Å². The van der Waals surface area contributed by atoms with Crippen molar-refractivity contribution in [3.63, 3.8) is 0 Å². The Hall–Kier alpha value is -1.60. The molecule has 0 aliphatic carbocycles. The number of hydrogen-bond donors (Lipinski definition) is 0. The molecule has 0 saturated carbocycles. The number of fused-ring (bicyclic) bond motifs is 1. The Bertz CT molecular complexity index is 732. The molecule has 0 spiro atoms. The van der Waals surface area contributed by atoms with Crippen molar-refractivity contribution in [1.29, 1.82) is 0 Å². The normalized spacial score (nSPS) is 22.4. The molecule has 3 rings (SSSR count). The topological polar surface area (TPSA) is 67.8 Å². The number of amides is 1. The molecule has 8 heteroatoms. The van der Waals surface area contributed by atoms with Crippen LogP contribution in [0.5, 0.6) is 0 Å². The molecule has 1 atom stereocenters. The van der Waals surface area contributed by atoms with E-state index in [1.165, 1.54) is 0 Å². The fourth-order valence-electron chi connectivity index (χ4n) is 3.73. The minimum Gasteiger partial charge on any atom is -0.444 e. The molecule has 1 aromatic rings. The van der Waals surface area contributed by atoms with Crippen molar-refractivity contribution >= 4 is 23.5 Å². The van der Waals surface area contributed by atoms with Gasteiger partial charge in [-0.2, -0.15) is 0 Å². The Labute approximate surface area is 166 Å². The first-order chi connectivity index (χ1) is 12.5. The second-order valence-electron chi connectivity index (χ2n) is 8.70. The van der Waals surface area contributed by atoms with Crippen molar-refractivity contribution in [2.75, 3.05) is 31.2 Å². The van der Waals surface area contributed by atoms with E-state index in [9.17, 15) is 4.79 Å². The van der Waals surface area contributed by atoms with Crippen molar-refractivity contribution in [1.82, 2.24) is 14.9 Å². The quantitative estimate of drug-likeness (QED) is 0.678. The molecule has 2 aliphatic heterocycles. The number of rotatable bonds is 1. The first-order valence-corrected chi connectivity index (χ1v) is 9.80. The predicted molar refractivity (Wildman–Crippen MR) is 104 cm³/mol. The molecule has 0 aromatic carbocycles. The van der Waals surface area contributed by atoms with Gasteiger partial charge in [-0.15, -0.1) is 0 Å². The Kier molecular flexibility index (Phi) is 5.29. The van der Waals surface area contributed by atoms with Crippen LogP contribution in [0.4, 0.5) is 10.6 Å².